The Hall–Kier alpha value is -2.67. The minimum Gasteiger partial charge on any atom is -0.391 e. The first-order valence-corrected chi connectivity index (χ1v) is 10.0. The predicted molar refractivity (Wildman–Crippen MR) is 108 cm³/mol. The van der Waals surface area contributed by atoms with Crippen LogP contribution in [0.4, 0.5) is 0 Å². The molecule has 7 nitrogen and oxygen atoms in total. The van der Waals surface area contributed by atoms with E-state index in [1.807, 2.05) is 18.2 Å². The average molecular weight is 399 g/mol. The molecule has 1 aliphatic rings. The van der Waals surface area contributed by atoms with Gasteiger partial charge in [-0.05, 0) is 38.2 Å². The molecule has 2 N–H and O–H groups in total. The number of nitrogens with one attached hydrogen (secondary N) is 1. The van der Waals surface area contributed by atoms with E-state index < -0.39 is 6.10 Å². The van der Waals surface area contributed by atoms with E-state index in [4.69, 9.17) is 4.52 Å². The molecule has 1 aromatic carbocycles. The number of aliphatic hydroxyl groups is 1. The van der Waals surface area contributed by atoms with Gasteiger partial charge < -0.3 is 19.8 Å². The molecule has 3 rings (SSSR count). The molecule has 1 aliphatic carbocycles. The van der Waals surface area contributed by atoms with Crippen molar-refractivity contribution in [2.24, 2.45) is 0 Å². The smallest absolute Gasteiger partial charge is 0.292 e. The van der Waals surface area contributed by atoms with Crippen LogP contribution in [-0.2, 0) is 10.2 Å². The zero-order valence-electron chi connectivity index (χ0n) is 17.2. The lowest BCUT2D eigenvalue weighted by atomic mass is 9.74. The van der Waals surface area contributed by atoms with Crippen molar-refractivity contribution >= 4 is 11.8 Å². The summed E-state index contributed by atoms with van der Waals surface area (Å²) in [6, 6.07) is 11.4. The van der Waals surface area contributed by atoms with Crippen LogP contribution >= 0.6 is 0 Å². The van der Waals surface area contributed by atoms with E-state index in [1.165, 1.54) is 6.92 Å². The maximum absolute atomic E-state index is 12.8. The van der Waals surface area contributed by atoms with Crippen LogP contribution in [0.25, 0.3) is 0 Å². The number of hydrogen-bond acceptors (Lipinski definition) is 5. The zero-order valence-corrected chi connectivity index (χ0v) is 17.2. The highest BCUT2D eigenvalue weighted by Gasteiger charge is 2.40. The van der Waals surface area contributed by atoms with Crippen molar-refractivity contribution in [3.8, 4) is 0 Å². The minimum atomic E-state index is -0.657. The van der Waals surface area contributed by atoms with Gasteiger partial charge in [0.05, 0.1) is 17.8 Å². The molecule has 0 saturated heterocycles. The minimum absolute atomic E-state index is 0.0744. The van der Waals surface area contributed by atoms with Crippen molar-refractivity contribution in [3.63, 3.8) is 0 Å². The fourth-order valence-electron chi connectivity index (χ4n) is 4.25. The van der Waals surface area contributed by atoms with Crippen LogP contribution in [0.1, 0.15) is 54.4 Å². The van der Waals surface area contributed by atoms with Gasteiger partial charge in [0.25, 0.3) is 5.91 Å². The van der Waals surface area contributed by atoms with E-state index in [1.54, 1.807) is 24.9 Å². The third kappa shape index (κ3) is 4.67. The van der Waals surface area contributed by atoms with Gasteiger partial charge in [-0.3, -0.25) is 9.59 Å². The summed E-state index contributed by atoms with van der Waals surface area (Å²) in [5.41, 5.74) is 1.50. The van der Waals surface area contributed by atoms with Crippen molar-refractivity contribution in [3.05, 3.63) is 53.4 Å². The maximum atomic E-state index is 12.8. The normalized spacial score (nSPS) is 24.6. The zero-order chi connectivity index (χ0) is 21.0. The van der Waals surface area contributed by atoms with Crippen LogP contribution in [0.15, 0.2) is 40.9 Å². The molecule has 1 heterocycles. The highest BCUT2D eigenvalue weighted by Crippen LogP contribution is 2.39. The molecule has 29 heavy (non-hydrogen) atoms. The third-order valence-corrected chi connectivity index (χ3v) is 6.00. The van der Waals surface area contributed by atoms with E-state index in [0.717, 1.165) is 18.4 Å². The first kappa shape index (κ1) is 21.0. The molecule has 0 unspecified atom stereocenters. The molecule has 2 aromatic rings. The van der Waals surface area contributed by atoms with Gasteiger partial charge in [0.1, 0.15) is 0 Å². The lowest BCUT2D eigenvalue weighted by molar-refractivity contribution is -0.119. The number of aromatic nitrogens is 1. The molecule has 0 aliphatic heterocycles. The number of nitrogens with zero attached hydrogens (tertiary/aromatic N) is 2. The molecule has 0 spiro atoms. The number of carbonyl (C=O) groups excluding carboxylic acids is 2. The number of aryl methyl sites for hydroxylation is 1. The molecule has 0 radical (unpaired) electrons. The molecule has 7 heteroatoms. The van der Waals surface area contributed by atoms with Gasteiger partial charge in [0.2, 0.25) is 11.7 Å². The summed E-state index contributed by atoms with van der Waals surface area (Å²) in [5, 5.41) is 17.6. The summed E-state index contributed by atoms with van der Waals surface area (Å²) in [7, 11) is 1.69. The van der Waals surface area contributed by atoms with Gasteiger partial charge >= 0.3 is 0 Å². The topological polar surface area (TPSA) is 95.7 Å². The van der Waals surface area contributed by atoms with Crippen LogP contribution in [-0.4, -0.2) is 52.7 Å². The Labute approximate surface area is 171 Å². The second kappa shape index (κ2) is 8.78. The molecule has 1 aromatic heterocycles. The Morgan fingerprint density at radius 2 is 1.97 bits per heavy atom. The number of carbonyl (C=O) groups is 2. The fourth-order valence-corrected chi connectivity index (χ4v) is 4.25. The van der Waals surface area contributed by atoms with Crippen molar-refractivity contribution in [2.75, 3.05) is 13.6 Å². The Morgan fingerprint density at radius 3 is 2.59 bits per heavy atom. The summed E-state index contributed by atoms with van der Waals surface area (Å²) in [6.45, 7) is 3.78. The Morgan fingerprint density at radius 1 is 1.28 bits per heavy atom. The van der Waals surface area contributed by atoms with Crippen LogP contribution < -0.4 is 5.32 Å². The quantitative estimate of drug-likeness (QED) is 0.753. The third-order valence-electron chi connectivity index (χ3n) is 6.00. The van der Waals surface area contributed by atoms with Crippen molar-refractivity contribution < 1.29 is 19.2 Å². The predicted octanol–water partition coefficient (Wildman–Crippen LogP) is 2.43. The van der Waals surface area contributed by atoms with E-state index in [-0.39, 0.29) is 29.0 Å². The SMILES string of the molecule is CC(=O)NC[C@]1(c2ccccc2)CC[C@@H](O)[C@H](N(C)C(=O)c2cc(C)no2)CC1. The van der Waals surface area contributed by atoms with Crippen molar-refractivity contribution in [1.29, 1.82) is 0 Å². The summed E-state index contributed by atoms with van der Waals surface area (Å²) in [4.78, 5) is 25.9. The molecule has 2 amide bonds. The summed E-state index contributed by atoms with van der Waals surface area (Å²) >= 11 is 0. The number of amides is 2. The van der Waals surface area contributed by atoms with Crippen LogP contribution in [0.3, 0.4) is 0 Å². The largest absolute Gasteiger partial charge is 0.391 e. The highest BCUT2D eigenvalue weighted by molar-refractivity contribution is 5.91. The van der Waals surface area contributed by atoms with Gasteiger partial charge in [0.15, 0.2) is 0 Å². The molecule has 156 valence electrons. The fraction of sp³-hybridized carbons (Fsp3) is 0.500. The molecular formula is C22H29N3O4. The highest BCUT2D eigenvalue weighted by atomic mass is 16.5. The number of benzene rings is 1. The molecule has 0 bridgehead atoms. The van der Waals surface area contributed by atoms with Crippen molar-refractivity contribution in [2.45, 2.75) is 57.1 Å². The van der Waals surface area contributed by atoms with Gasteiger partial charge in [-0.2, -0.15) is 0 Å². The van der Waals surface area contributed by atoms with Gasteiger partial charge in [-0.1, -0.05) is 35.5 Å². The Bertz CT molecular complexity index is 851. The monoisotopic (exact) mass is 399 g/mol. The molecular weight excluding hydrogens is 370 g/mol. The van der Waals surface area contributed by atoms with E-state index in [0.29, 0.717) is 25.1 Å². The number of likely N-dealkylation sites (N-methyl/N-ethyl adjacent to an activating group) is 1. The average Bonchev–Trinajstić information content (AvgIpc) is 3.07. The maximum Gasteiger partial charge on any atom is 0.292 e. The van der Waals surface area contributed by atoms with Gasteiger partial charge in [-0.25, -0.2) is 0 Å². The van der Waals surface area contributed by atoms with Crippen LogP contribution in [0.5, 0.6) is 0 Å². The molecule has 1 saturated carbocycles. The summed E-state index contributed by atoms with van der Waals surface area (Å²) in [5.74, 6) is -0.188. The van der Waals surface area contributed by atoms with Crippen LogP contribution in [0.2, 0.25) is 0 Å². The molecule has 1 fully saturated rings. The second-order valence-electron chi connectivity index (χ2n) is 8.02. The molecule has 3 atom stereocenters. The Balaban J connectivity index is 1.82. The number of hydrogen-bond donors (Lipinski definition) is 2. The van der Waals surface area contributed by atoms with Crippen molar-refractivity contribution in [1.82, 2.24) is 15.4 Å². The lowest BCUT2D eigenvalue weighted by Crippen LogP contribution is -2.44. The first-order valence-electron chi connectivity index (χ1n) is 10.0. The number of rotatable bonds is 5. The van der Waals surface area contributed by atoms with E-state index in [2.05, 4.69) is 22.6 Å². The van der Waals surface area contributed by atoms with Gasteiger partial charge in [0, 0.05) is 32.0 Å². The summed E-state index contributed by atoms with van der Waals surface area (Å²) in [6.07, 6.45) is 1.96. The van der Waals surface area contributed by atoms with E-state index in [9.17, 15) is 14.7 Å². The standard InChI is InChI=1S/C22H29N3O4/c1-15-13-20(29-24-15)21(28)25(3)18-9-11-22(12-10-19(18)27,14-23-16(2)26)17-7-5-4-6-8-17/h4-8,13,18-19,27H,9-12,14H2,1-3H3,(H,23,26)/t18-,19-,22-/m1/s1. The second-order valence-corrected chi connectivity index (χ2v) is 8.02. The van der Waals surface area contributed by atoms with Gasteiger partial charge in [-0.15, -0.1) is 0 Å². The number of aliphatic hydroxyl groups excluding tert-OH is 1. The lowest BCUT2D eigenvalue weighted by Gasteiger charge is -2.34. The van der Waals surface area contributed by atoms with E-state index >= 15 is 0 Å². The first-order chi connectivity index (χ1) is 13.8. The Kier molecular flexibility index (Phi) is 6.37. The van der Waals surface area contributed by atoms with Crippen LogP contribution in [0, 0.1) is 6.92 Å². The summed E-state index contributed by atoms with van der Waals surface area (Å²) < 4.78 is 5.11.